The number of para-hydroxylation sites is 1. The molecule has 0 radical (unpaired) electrons. The number of H-pyrrole nitrogens is 1. The van der Waals surface area contributed by atoms with E-state index in [0.29, 0.717) is 33.4 Å². The number of nitrogens with zero attached hydrogens (tertiary/aromatic N) is 1. The summed E-state index contributed by atoms with van der Waals surface area (Å²) in [5.41, 5.74) is 0.540. The maximum absolute atomic E-state index is 13.2. The fourth-order valence-electron chi connectivity index (χ4n) is 2.69. The number of nitrogens with one attached hydrogen (secondary N) is 1. The van der Waals surface area contributed by atoms with Gasteiger partial charge in [-0.15, -0.1) is 0 Å². The zero-order valence-electron chi connectivity index (χ0n) is 16.0. The second-order valence-corrected chi connectivity index (χ2v) is 6.09. The summed E-state index contributed by atoms with van der Waals surface area (Å²) in [6.07, 6.45) is -0.331. The highest BCUT2D eigenvalue weighted by Gasteiger charge is 2.33. The average Bonchev–Trinajstić information content (AvgIpc) is 2.64. The van der Waals surface area contributed by atoms with Gasteiger partial charge in [0.05, 0.1) is 12.9 Å². The molecule has 7 heteroatoms. The number of aromatic amines is 1. The van der Waals surface area contributed by atoms with E-state index < -0.39 is 11.9 Å². The second-order valence-electron chi connectivity index (χ2n) is 6.09. The molecule has 0 aliphatic heterocycles. The van der Waals surface area contributed by atoms with E-state index in [1.54, 1.807) is 50.3 Å². The molecule has 0 saturated heterocycles. The van der Waals surface area contributed by atoms with Gasteiger partial charge in [-0.3, -0.25) is 9.79 Å². The molecule has 1 aromatic carbocycles. The van der Waals surface area contributed by atoms with Gasteiger partial charge < -0.3 is 9.72 Å². The predicted octanol–water partition coefficient (Wildman–Crippen LogP) is 5.04. The van der Waals surface area contributed by atoms with Crippen LogP contribution in [0.2, 0.25) is 0 Å². The van der Waals surface area contributed by atoms with Crippen LogP contribution in [0.3, 0.4) is 0 Å². The average molecular weight is 390 g/mol. The number of benzene rings is 1. The standard InChI is InChI=1S/C21H21F3N2O2/c1-13(11-19(25-3)21(22,23)24)15(10-9-14(2)28-4)17-12-20(27)26-18-8-6-5-7-16(17)18/h5-12H,1-4H3,(H,26,27)/b13-11+,14-9+,15-10+,25-19?. The fraction of sp³-hybridized carbons (Fsp3) is 0.238. The summed E-state index contributed by atoms with van der Waals surface area (Å²) in [6.45, 7) is 3.27. The molecule has 0 spiro atoms. The quantitative estimate of drug-likeness (QED) is 0.442. The van der Waals surface area contributed by atoms with E-state index >= 15 is 0 Å². The summed E-state index contributed by atoms with van der Waals surface area (Å²) in [4.78, 5) is 18.2. The molecule has 0 unspecified atom stereocenters. The highest BCUT2D eigenvalue weighted by molar-refractivity contribution is 6.04. The summed E-state index contributed by atoms with van der Waals surface area (Å²) < 4.78 is 44.6. The molecule has 0 aliphatic rings. The van der Waals surface area contributed by atoms with Gasteiger partial charge >= 0.3 is 6.18 Å². The molecule has 2 rings (SSSR count). The number of pyridine rings is 1. The summed E-state index contributed by atoms with van der Waals surface area (Å²) >= 11 is 0. The predicted molar refractivity (Wildman–Crippen MR) is 106 cm³/mol. The summed E-state index contributed by atoms with van der Waals surface area (Å²) in [5, 5.41) is 0.714. The van der Waals surface area contributed by atoms with Crippen molar-refractivity contribution in [3.63, 3.8) is 0 Å². The molecular weight excluding hydrogens is 369 g/mol. The Bertz CT molecular complexity index is 1040. The van der Waals surface area contributed by atoms with Gasteiger partial charge in [-0.25, -0.2) is 0 Å². The number of halogens is 3. The lowest BCUT2D eigenvalue weighted by molar-refractivity contribution is -0.0577. The topological polar surface area (TPSA) is 54.4 Å². The Balaban J connectivity index is 2.77. The van der Waals surface area contributed by atoms with Crippen LogP contribution >= 0.6 is 0 Å². The van der Waals surface area contributed by atoms with E-state index in [1.165, 1.54) is 13.2 Å². The van der Waals surface area contributed by atoms with Gasteiger partial charge in [0.1, 0.15) is 5.71 Å². The number of aliphatic imine (C=N–C) groups is 1. The molecule has 0 atom stereocenters. The van der Waals surface area contributed by atoms with Crippen LogP contribution < -0.4 is 5.56 Å². The largest absolute Gasteiger partial charge is 0.501 e. The van der Waals surface area contributed by atoms with Crippen LogP contribution in [0.4, 0.5) is 13.2 Å². The lowest BCUT2D eigenvalue weighted by Crippen LogP contribution is -2.21. The molecule has 0 amide bonds. The minimum atomic E-state index is -4.57. The Morgan fingerprint density at radius 2 is 1.86 bits per heavy atom. The minimum absolute atomic E-state index is 0.314. The van der Waals surface area contributed by atoms with Gasteiger partial charge in [-0.1, -0.05) is 24.3 Å². The van der Waals surface area contributed by atoms with Gasteiger partial charge in [0, 0.05) is 24.0 Å². The van der Waals surface area contributed by atoms with Crippen molar-refractivity contribution in [2.24, 2.45) is 4.99 Å². The second kappa shape index (κ2) is 8.73. The normalized spacial score (nSPS) is 14.5. The molecule has 28 heavy (non-hydrogen) atoms. The van der Waals surface area contributed by atoms with Gasteiger partial charge in [0.2, 0.25) is 5.56 Å². The van der Waals surface area contributed by atoms with Crippen molar-refractivity contribution in [3.05, 3.63) is 75.8 Å². The van der Waals surface area contributed by atoms with Crippen LogP contribution in [0.5, 0.6) is 0 Å². The van der Waals surface area contributed by atoms with Crippen LogP contribution in [-0.4, -0.2) is 31.0 Å². The molecular formula is C21H21F3N2O2. The Morgan fingerprint density at radius 1 is 1.18 bits per heavy atom. The van der Waals surface area contributed by atoms with Gasteiger partial charge in [-0.2, -0.15) is 13.2 Å². The molecule has 2 aromatic rings. The van der Waals surface area contributed by atoms with E-state index in [0.717, 1.165) is 13.1 Å². The monoisotopic (exact) mass is 390 g/mol. The SMILES string of the molecule is CN=C(/C=C(C)/C(=C\C=C(/C)OC)c1cc(=O)[nH]c2ccccc12)C(F)(F)F. The first-order chi connectivity index (χ1) is 13.2. The smallest absolute Gasteiger partial charge is 0.432 e. The Labute approximate surface area is 160 Å². The maximum atomic E-state index is 13.2. The van der Waals surface area contributed by atoms with Crippen molar-refractivity contribution in [1.29, 1.82) is 0 Å². The van der Waals surface area contributed by atoms with Crippen molar-refractivity contribution in [3.8, 4) is 0 Å². The van der Waals surface area contributed by atoms with Crippen molar-refractivity contribution < 1.29 is 17.9 Å². The number of ether oxygens (including phenoxy) is 1. The van der Waals surface area contributed by atoms with E-state index in [1.807, 2.05) is 0 Å². The van der Waals surface area contributed by atoms with Crippen LogP contribution in [0, 0.1) is 0 Å². The van der Waals surface area contributed by atoms with Gasteiger partial charge in [0.25, 0.3) is 0 Å². The maximum Gasteiger partial charge on any atom is 0.432 e. The Hall–Kier alpha value is -3.09. The molecule has 1 heterocycles. The Morgan fingerprint density at radius 3 is 2.46 bits per heavy atom. The molecule has 4 nitrogen and oxygen atoms in total. The number of fused-ring (bicyclic) bond motifs is 1. The van der Waals surface area contributed by atoms with Crippen molar-refractivity contribution in [2.75, 3.05) is 14.2 Å². The van der Waals surface area contributed by atoms with Crippen molar-refractivity contribution >= 4 is 22.2 Å². The first kappa shape index (κ1) is 21.2. The minimum Gasteiger partial charge on any atom is -0.501 e. The zero-order valence-corrected chi connectivity index (χ0v) is 16.0. The highest BCUT2D eigenvalue weighted by Crippen LogP contribution is 2.30. The molecule has 0 aliphatic carbocycles. The lowest BCUT2D eigenvalue weighted by Gasteiger charge is -2.13. The van der Waals surface area contributed by atoms with E-state index in [4.69, 9.17) is 4.74 Å². The van der Waals surface area contributed by atoms with E-state index in [-0.39, 0.29) is 5.56 Å². The summed E-state index contributed by atoms with van der Waals surface area (Å²) in [5.74, 6) is 0.569. The van der Waals surface area contributed by atoms with Crippen molar-refractivity contribution in [1.82, 2.24) is 4.98 Å². The number of methoxy groups -OCH3 is 1. The van der Waals surface area contributed by atoms with Crippen LogP contribution in [0.25, 0.3) is 16.5 Å². The van der Waals surface area contributed by atoms with Crippen LogP contribution in [-0.2, 0) is 4.74 Å². The first-order valence-electron chi connectivity index (χ1n) is 8.45. The van der Waals surface area contributed by atoms with E-state index in [2.05, 4.69) is 9.98 Å². The molecule has 0 fully saturated rings. The van der Waals surface area contributed by atoms with Crippen LogP contribution in [0.1, 0.15) is 19.4 Å². The van der Waals surface area contributed by atoms with Crippen molar-refractivity contribution in [2.45, 2.75) is 20.0 Å². The zero-order chi connectivity index (χ0) is 20.9. The lowest BCUT2D eigenvalue weighted by atomic mass is 9.94. The summed E-state index contributed by atoms with van der Waals surface area (Å²) in [7, 11) is 2.59. The third kappa shape index (κ3) is 5.00. The third-order valence-corrected chi connectivity index (χ3v) is 4.16. The molecule has 148 valence electrons. The number of allylic oxidation sites excluding steroid dienone is 6. The molecule has 0 bridgehead atoms. The van der Waals surface area contributed by atoms with Gasteiger partial charge in [-0.05, 0) is 48.8 Å². The third-order valence-electron chi connectivity index (χ3n) is 4.16. The van der Waals surface area contributed by atoms with Gasteiger partial charge in [0.15, 0.2) is 0 Å². The number of hydrogen-bond donors (Lipinski definition) is 1. The fourth-order valence-corrected chi connectivity index (χ4v) is 2.69. The van der Waals surface area contributed by atoms with E-state index in [9.17, 15) is 18.0 Å². The molecule has 1 aromatic heterocycles. The summed E-state index contributed by atoms with van der Waals surface area (Å²) in [6, 6.07) is 8.48. The first-order valence-corrected chi connectivity index (χ1v) is 8.45. The Kier molecular flexibility index (Phi) is 6.62. The number of rotatable bonds is 5. The highest BCUT2D eigenvalue weighted by atomic mass is 19.4. The number of aromatic nitrogens is 1. The molecule has 1 N–H and O–H groups in total. The molecule has 0 saturated carbocycles. The van der Waals surface area contributed by atoms with Crippen LogP contribution in [0.15, 0.2) is 69.7 Å². The number of alkyl halides is 3. The number of hydrogen-bond acceptors (Lipinski definition) is 3.